The average Bonchev–Trinajstić information content (AvgIpc) is 2.74. The number of thiocarbonyl (C=S) groups is 1. The summed E-state index contributed by atoms with van der Waals surface area (Å²) in [7, 11) is 1.50. The molecule has 1 saturated heterocycles. The maximum Gasteiger partial charge on any atom is 0.308 e. The lowest BCUT2D eigenvalue weighted by Gasteiger charge is -2.36. The molecule has 0 radical (unpaired) electrons. The Morgan fingerprint density at radius 2 is 2.09 bits per heavy atom. The molecule has 0 saturated carbocycles. The van der Waals surface area contributed by atoms with E-state index in [0.717, 1.165) is 0 Å². The Kier molecular flexibility index (Phi) is 10.3. The molecule has 11 heteroatoms. The molecule has 1 atom stereocenters. The molecule has 1 aliphatic heterocycles. The van der Waals surface area contributed by atoms with Crippen molar-refractivity contribution in [1.82, 2.24) is 15.5 Å². The molecule has 1 heterocycles. The van der Waals surface area contributed by atoms with Crippen LogP contribution in [-0.4, -0.2) is 73.9 Å². The van der Waals surface area contributed by atoms with Gasteiger partial charge >= 0.3 is 5.97 Å². The summed E-state index contributed by atoms with van der Waals surface area (Å²) >= 11 is 8.79. The van der Waals surface area contributed by atoms with Crippen LogP contribution in [0.3, 0.4) is 0 Å². The largest absolute Gasteiger partial charge is 0.492 e. The van der Waals surface area contributed by atoms with Crippen LogP contribution in [0, 0.1) is 5.92 Å². The van der Waals surface area contributed by atoms with Crippen LogP contribution < -0.4 is 15.4 Å². The summed E-state index contributed by atoms with van der Waals surface area (Å²) in [5.74, 6) is -0.333. The standard InChI is InChI=1S/C21H28BrN3O6S/c1-13(2)12-31-17-5-4-14(10-15(17)22)19(27)24-21(32)25-7-6-23-20(28)16(25)11-18(26)30-9-8-29-3/h4-5,10,13,16H,6-9,11-12H2,1-3H3,(H,23,28)(H,24,27,32). The van der Waals surface area contributed by atoms with E-state index in [2.05, 4.69) is 26.6 Å². The summed E-state index contributed by atoms with van der Waals surface area (Å²) in [6.45, 7) is 5.70. The van der Waals surface area contributed by atoms with E-state index in [-0.39, 0.29) is 30.7 Å². The van der Waals surface area contributed by atoms with Crippen molar-refractivity contribution >= 4 is 51.0 Å². The number of hydrogen-bond acceptors (Lipinski definition) is 7. The van der Waals surface area contributed by atoms with Crippen LogP contribution in [0.4, 0.5) is 0 Å². The van der Waals surface area contributed by atoms with Crippen LogP contribution in [0.2, 0.25) is 0 Å². The second kappa shape index (κ2) is 12.7. The third-order valence-electron chi connectivity index (χ3n) is 4.49. The van der Waals surface area contributed by atoms with Gasteiger partial charge in [0, 0.05) is 25.8 Å². The van der Waals surface area contributed by atoms with Gasteiger partial charge in [-0.05, 0) is 52.3 Å². The van der Waals surface area contributed by atoms with Gasteiger partial charge in [-0.2, -0.15) is 0 Å². The molecule has 9 nitrogen and oxygen atoms in total. The molecule has 1 aromatic rings. The normalized spacial score (nSPS) is 15.8. The second-order valence-electron chi connectivity index (χ2n) is 7.53. The van der Waals surface area contributed by atoms with Crippen molar-refractivity contribution in [3.05, 3.63) is 28.2 Å². The van der Waals surface area contributed by atoms with Gasteiger partial charge in [0.1, 0.15) is 18.4 Å². The third-order valence-corrected chi connectivity index (χ3v) is 5.45. The highest BCUT2D eigenvalue weighted by molar-refractivity contribution is 9.10. The fourth-order valence-electron chi connectivity index (χ4n) is 2.87. The Morgan fingerprint density at radius 1 is 1.34 bits per heavy atom. The molecular weight excluding hydrogens is 502 g/mol. The zero-order valence-corrected chi connectivity index (χ0v) is 20.7. The first-order valence-corrected chi connectivity index (χ1v) is 11.4. The molecule has 0 aromatic heterocycles. The topological polar surface area (TPSA) is 106 Å². The molecule has 1 aliphatic rings. The molecule has 32 heavy (non-hydrogen) atoms. The first-order valence-electron chi connectivity index (χ1n) is 10.2. The highest BCUT2D eigenvalue weighted by atomic mass is 79.9. The monoisotopic (exact) mass is 529 g/mol. The SMILES string of the molecule is COCCOC(=O)CC1C(=O)NCCN1C(=S)NC(=O)c1ccc(OCC(C)C)c(Br)c1. The highest BCUT2D eigenvalue weighted by Crippen LogP contribution is 2.26. The zero-order valence-electron chi connectivity index (χ0n) is 18.3. The Labute approximate surface area is 201 Å². The van der Waals surface area contributed by atoms with E-state index >= 15 is 0 Å². The number of methoxy groups -OCH3 is 1. The number of amides is 2. The minimum Gasteiger partial charge on any atom is -0.492 e. The predicted octanol–water partition coefficient (Wildman–Crippen LogP) is 1.88. The van der Waals surface area contributed by atoms with Crippen molar-refractivity contribution in [2.24, 2.45) is 5.92 Å². The van der Waals surface area contributed by atoms with E-state index in [4.69, 9.17) is 26.4 Å². The summed E-state index contributed by atoms with van der Waals surface area (Å²) in [5.41, 5.74) is 0.369. The molecule has 0 bridgehead atoms. The molecule has 1 aromatic carbocycles. The fourth-order valence-corrected chi connectivity index (χ4v) is 3.68. The van der Waals surface area contributed by atoms with Crippen molar-refractivity contribution in [2.45, 2.75) is 26.3 Å². The maximum absolute atomic E-state index is 12.7. The van der Waals surface area contributed by atoms with Crippen LogP contribution >= 0.6 is 28.1 Å². The minimum atomic E-state index is -0.870. The lowest BCUT2D eigenvalue weighted by Crippen LogP contribution is -2.60. The van der Waals surface area contributed by atoms with Crippen LogP contribution in [0.15, 0.2) is 22.7 Å². The van der Waals surface area contributed by atoms with Crippen molar-refractivity contribution in [2.75, 3.05) is 40.0 Å². The zero-order chi connectivity index (χ0) is 23.7. The quantitative estimate of drug-likeness (QED) is 0.283. The number of nitrogens with one attached hydrogen (secondary N) is 2. The molecule has 0 spiro atoms. The number of benzene rings is 1. The van der Waals surface area contributed by atoms with Crippen molar-refractivity contribution < 1.29 is 28.6 Å². The fraction of sp³-hybridized carbons (Fsp3) is 0.524. The van der Waals surface area contributed by atoms with Gasteiger partial charge in [-0.3, -0.25) is 19.7 Å². The lowest BCUT2D eigenvalue weighted by molar-refractivity contribution is -0.148. The first-order chi connectivity index (χ1) is 15.2. The molecular formula is C21H28BrN3O6S. The predicted molar refractivity (Wildman–Crippen MR) is 125 cm³/mol. The number of ether oxygens (including phenoxy) is 3. The molecule has 2 N–H and O–H groups in total. The first kappa shape index (κ1) is 26.0. The second-order valence-corrected chi connectivity index (χ2v) is 8.77. The molecule has 0 aliphatic carbocycles. The van der Waals surface area contributed by atoms with Crippen LogP contribution in [-0.2, 0) is 19.1 Å². The molecule has 1 fully saturated rings. The van der Waals surface area contributed by atoms with Gasteiger partial charge in [0.2, 0.25) is 5.91 Å². The van der Waals surface area contributed by atoms with Crippen LogP contribution in [0.5, 0.6) is 5.75 Å². The summed E-state index contributed by atoms with van der Waals surface area (Å²) in [6, 6.07) is 4.11. The highest BCUT2D eigenvalue weighted by Gasteiger charge is 2.34. The smallest absolute Gasteiger partial charge is 0.308 e. The van der Waals surface area contributed by atoms with E-state index < -0.39 is 17.9 Å². The molecule has 176 valence electrons. The molecule has 2 rings (SSSR count). The van der Waals surface area contributed by atoms with Gasteiger partial charge in [-0.15, -0.1) is 0 Å². The maximum atomic E-state index is 12.7. The Bertz CT molecular complexity index is 851. The van der Waals surface area contributed by atoms with Gasteiger partial charge in [-0.1, -0.05) is 13.8 Å². The molecule has 1 unspecified atom stereocenters. The lowest BCUT2D eigenvalue weighted by atomic mass is 10.1. The number of carbonyl (C=O) groups is 3. The number of halogens is 1. The minimum absolute atomic E-state index is 0.0656. The van der Waals surface area contributed by atoms with E-state index in [0.29, 0.717) is 41.4 Å². The third kappa shape index (κ3) is 7.72. The Hall–Kier alpha value is -2.24. The Morgan fingerprint density at radius 3 is 2.75 bits per heavy atom. The summed E-state index contributed by atoms with van der Waals surface area (Å²) < 4.78 is 16.2. The number of carbonyl (C=O) groups excluding carboxylic acids is 3. The summed E-state index contributed by atoms with van der Waals surface area (Å²) in [5, 5.41) is 5.41. The van der Waals surface area contributed by atoms with E-state index in [1.165, 1.54) is 12.0 Å². The summed E-state index contributed by atoms with van der Waals surface area (Å²) in [4.78, 5) is 38.7. The van der Waals surface area contributed by atoms with E-state index in [9.17, 15) is 14.4 Å². The van der Waals surface area contributed by atoms with Crippen molar-refractivity contribution in [1.29, 1.82) is 0 Å². The number of hydrogen-bond donors (Lipinski definition) is 2. The van der Waals surface area contributed by atoms with Gasteiger partial charge in [0.25, 0.3) is 5.91 Å². The van der Waals surface area contributed by atoms with Crippen molar-refractivity contribution in [3.8, 4) is 5.75 Å². The average molecular weight is 530 g/mol. The van der Waals surface area contributed by atoms with Crippen molar-refractivity contribution in [3.63, 3.8) is 0 Å². The van der Waals surface area contributed by atoms with E-state index in [1.807, 2.05) is 13.8 Å². The number of esters is 1. The van der Waals surface area contributed by atoms with Gasteiger partial charge < -0.3 is 24.4 Å². The number of nitrogens with zero attached hydrogens (tertiary/aromatic N) is 1. The number of rotatable bonds is 9. The van der Waals surface area contributed by atoms with Gasteiger partial charge in [0.15, 0.2) is 5.11 Å². The summed E-state index contributed by atoms with van der Waals surface area (Å²) in [6.07, 6.45) is -0.195. The Balaban J connectivity index is 2.02. The van der Waals surface area contributed by atoms with Crippen LogP contribution in [0.1, 0.15) is 30.6 Å². The van der Waals surface area contributed by atoms with Gasteiger partial charge in [-0.25, -0.2) is 0 Å². The molecule has 2 amide bonds. The number of piperazine rings is 1. The van der Waals surface area contributed by atoms with E-state index in [1.54, 1.807) is 18.2 Å². The van der Waals surface area contributed by atoms with Crippen LogP contribution in [0.25, 0.3) is 0 Å². The van der Waals surface area contributed by atoms with Gasteiger partial charge in [0.05, 0.1) is 24.1 Å².